The zero-order valence-electron chi connectivity index (χ0n) is 13.9. The van der Waals surface area contributed by atoms with Crippen LogP contribution >= 0.6 is 11.6 Å². The normalized spacial score (nSPS) is 15.6. The van der Waals surface area contributed by atoms with Crippen molar-refractivity contribution in [1.29, 1.82) is 0 Å². The largest absolute Gasteiger partial charge is 0.274 e. The molecule has 1 N–H and O–H groups in total. The van der Waals surface area contributed by atoms with Gasteiger partial charge in [0.05, 0.1) is 11.9 Å². The van der Waals surface area contributed by atoms with Crippen molar-refractivity contribution in [2.45, 2.75) is 23.2 Å². The number of hydrogen-bond donors (Lipinski definition) is 1. The number of anilines is 1. The topological polar surface area (TPSA) is 89.8 Å². The van der Waals surface area contributed by atoms with Crippen molar-refractivity contribution in [2.24, 2.45) is 7.05 Å². The number of nitrogens with zero attached hydrogens (tertiary/aromatic N) is 4. The number of sulfonamides is 1. The molecule has 2 aromatic heterocycles. The number of halogens is 1. The Balaban J connectivity index is 1.70. The van der Waals surface area contributed by atoms with Crippen LogP contribution in [0.25, 0.3) is 0 Å². The van der Waals surface area contributed by atoms with Crippen molar-refractivity contribution in [3.8, 4) is 0 Å². The minimum absolute atomic E-state index is 0.0364. The average molecular weight is 390 g/mol. The van der Waals surface area contributed by atoms with Gasteiger partial charge in [0, 0.05) is 18.7 Å². The molecule has 1 saturated carbocycles. The minimum Gasteiger partial charge on any atom is -0.274 e. The Kier molecular flexibility index (Phi) is 3.96. The summed E-state index contributed by atoms with van der Waals surface area (Å²) in [5, 5.41) is 4.07. The molecule has 1 aliphatic rings. The predicted octanol–water partition coefficient (Wildman–Crippen LogP) is 2.74. The summed E-state index contributed by atoms with van der Waals surface area (Å²) in [7, 11) is -2.19. The van der Waals surface area contributed by atoms with E-state index in [0.29, 0.717) is 5.69 Å². The second kappa shape index (κ2) is 6.07. The molecule has 26 heavy (non-hydrogen) atoms. The first kappa shape index (κ1) is 17.0. The summed E-state index contributed by atoms with van der Waals surface area (Å²) in [4.78, 5) is 8.51. The molecule has 7 nitrogen and oxygen atoms in total. The smallest absolute Gasteiger partial charge is 0.267 e. The summed E-state index contributed by atoms with van der Waals surface area (Å²) < 4.78 is 28.8. The second-order valence-corrected chi connectivity index (χ2v) is 8.37. The first-order valence-electron chi connectivity index (χ1n) is 8.01. The van der Waals surface area contributed by atoms with Gasteiger partial charge in [-0.25, -0.2) is 23.1 Å². The summed E-state index contributed by atoms with van der Waals surface area (Å²) in [5.74, 6) is -0.0430. The van der Waals surface area contributed by atoms with Crippen LogP contribution in [0.5, 0.6) is 0 Å². The van der Waals surface area contributed by atoms with Gasteiger partial charge in [-0.1, -0.05) is 41.9 Å². The first-order valence-corrected chi connectivity index (χ1v) is 9.87. The minimum atomic E-state index is -3.83. The molecule has 9 heteroatoms. The molecule has 0 radical (unpaired) electrons. The third kappa shape index (κ3) is 3.06. The Morgan fingerprint density at radius 3 is 2.54 bits per heavy atom. The van der Waals surface area contributed by atoms with E-state index in [-0.39, 0.29) is 21.4 Å². The number of aryl methyl sites for hydroxylation is 1. The lowest BCUT2D eigenvalue weighted by Gasteiger charge is -2.16. The van der Waals surface area contributed by atoms with E-state index in [1.54, 1.807) is 13.1 Å². The number of benzene rings is 1. The molecule has 0 atom stereocenters. The molecule has 4 rings (SSSR count). The van der Waals surface area contributed by atoms with Crippen LogP contribution in [0.2, 0.25) is 5.15 Å². The highest BCUT2D eigenvalue weighted by Gasteiger charge is 2.47. The van der Waals surface area contributed by atoms with E-state index in [1.165, 1.54) is 17.1 Å². The fraction of sp³-hybridized carbons (Fsp3) is 0.235. The summed E-state index contributed by atoms with van der Waals surface area (Å²) in [5.41, 5.74) is 1.62. The molecule has 0 unspecified atom stereocenters. The van der Waals surface area contributed by atoms with Gasteiger partial charge in [0.25, 0.3) is 10.0 Å². The number of hydrogen-bond acceptors (Lipinski definition) is 5. The van der Waals surface area contributed by atoms with E-state index in [2.05, 4.69) is 19.8 Å². The highest BCUT2D eigenvalue weighted by atomic mass is 35.5. The molecule has 1 fully saturated rings. The summed E-state index contributed by atoms with van der Waals surface area (Å²) in [6, 6.07) is 11.7. The van der Waals surface area contributed by atoms with E-state index in [4.69, 9.17) is 11.6 Å². The fourth-order valence-electron chi connectivity index (χ4n) is 3.00. The molecule has 0 spiro atoms. The lowest BCUT2D eigenvalue weighted by atomic mass is 9.92. The standard InChI is InChI=1S/C17H16ClN5O2S/c1-23-11-13(10-19-23)26(24,25)22-16-20-14(9-15(18)21-16)17(7-8-17)12-5-3-2-4-6-12/h2-6,9-11H,7-8H2,1H3,(H,20,21,22). The zero-order valence-corrected chi connectivity index (χ0v) is 15.5. The van der Waals surface area contributed by atoms with Crippen LogP contribution in [-0.2, 0) is 22.5 Å². The van der Waals surface area contributed by atoms with Crippen molar-refractivity contribution in [3.05, 3.63) is 65.2 Å². The molecular weight excluding hydrogens is 374 g/mol. The van der Waals surface area contributed by atoms with Crippen LogP contribution in [-0.4, -0.2) is 28.2 Å². The highest BCUT2D eigenvalue weighted by Crippen LogP contribution is 2.53. The van der Waals surface area contributed by atoms with Crippen LogP contribution < -0.4 is 4.72 Å². The quantitative estimate of drug-likeness (QED) is 0.677. The summed E-state index contributed by atoms with van der Waals surface area (Å²) in [6.45, 7) is 0. The Morgan fingerprint density at radius 2 is 1.92 bits per heavy atom. The van der Waals surface area contributed by atoms with Gasteiger partial charge >= 0.3 is 0 Å². The molecule has 2 heterocycles. The molecule has 3 aromatic rings. The van der Waals surface area contributed by atoms with Crippen LogP contribution in [0.1, 0.15) is 24.1 Å². The van der Waals surface area contributed by atoms with Crippen molar-refractivity contribution in [2.75, 3.05) is 4.72 Å². The fourth-order valence-corrected chi connectivity index (χ4v) is 4.11. The lowest BCUT2D eigenvalue weighted by molar-refractivity contribution is 0.600. The van der Waals surface area contributed by atoms with Crippen LogP contribution in [0.15, 0.2) is 53.7 Å². The van der Waals surface area contributed by atoms with Gasteiger partial charge in [0.2, 0.25) is 5.95 Å². The Bertz CT molecular complexity index is 1060. The zero-order chi connectivity index (χ0) is 18.4. The second-order valence-electron chi connectivity index (χ2n) is 6.30. The van der Waals surface area contributed by atoms with Gasteiger partial charge in [-0.2, -0.15) is 5.10 Å². The number of nitrogens with one attached hydrogen (secondary N) is 1. The molecular formula is C17H16ClN5O2S. The summed E-state index contributed by atoms with van der Waals surface area (Å²) >= 11 is 6.15. The van der Waals surface area contributed by atoms with Crippen molar-refractivity contribution >= 4 is 27.6 Å². The van der Waals surface area contributed by atoms with Gasteiger partial charge in [0.15, 0.2) is 0 Å². The van der Waals surface area contributed by atoms with Crippen molar-refractivity contribution in [3.63, 3.8) is 0 Å². The highest BCUT2D eigenvalue weighted by molar-refractivity contribution is 7.92. The molecule has 1 aliphatic carbocycles. The van der Waals surface area contributed by atoms with Gasteiger partial charge < -0.3 is 0 Å². The Morgan fingerprint density at radius 1 is 1.19 bits per heavy atom. The van der Waals surface area contributed by atoms with Crippen LogP contribution in [0.3, 0.4) is 0 Å². The maximum absolute atomic E-state index is 12.5. The monoisotopic (exact) mass is 389 g/mol. The van der Waals surface area contributed by atoms with E-state index < -0.39 is 10.0 Å². The molecule has 0 amide bonds. The van der Waals surface area contributed by atoms with Gasteiger partial charge in [-0.05, 0) is 24.5 Å². The van der Waals surface area contributed by atoms with Gasteiger partial charge in [-0.15, -0.1) is 0 Å². The van der Waals surface area contributed by atoms with Crippen LogP contribution in [0.4, 0.5) is 5.95 Å². The third-order valence-electron chi connectivity index (χ3n) is 4.48. The van der Waals surface area contributed by atoms with Crippen molar-refractivity contribution in [1.82, 2.24) is 19.7 Å². The van der Waals surface area contributed by atoms with Crippen molar-refractivity contribution < 1.29 is 8.42 Å². The van der Waals surface area contributed by atoms with E-state index in [1.807, 2.05) is 30.3 Å². The molecule has 0 bridgehead atoms. The van der Waals surface area contributed by atoms with Crippen LogP contribution in [0, 0.1) is 0 Å². The maximum Gasteiger partial charge on any atom is 0.267 e. The Labute approximate surface area is 156 Å². The SMILES string of the molecule is Cn1cc(S(=O)(=O)Nc2nc(Cl)cc(C3(c4ccccc4)CC3)n2)cn1. The molecule has 134 valence electrons. The number of aromatic nitrogens is 4. The van der Waals surface area contributed by atoms with E-state index in [9.17, 15) is 8.42 Å². The summed E-state index contributed by atoms with van der Waals surface area (Å²) in [6.07, 6.45) is 4.53. The molecule has 0 aliphatic heterocycles. The maximum atomic E-state index is 12.5. The van der Waals surface area contributed by atoms with E-state index >= 15 is 0 Å². The lowest BCUT2D eigenvalue weighted by Crippen LogP contribution is -2.18. The van der Waals surface area contributed by atoms with E-state index in [0.717, 1.165) is 18.4 Å². The molecule has 0 saturated heterocycles. The number of rotatable bonds is 5. The average Bonchev–Trinajstić information content (AvgIpc) is 3.30. The predicted molar refractivity (Wildman–Crippen MR) is 97.5 cm³/mol. The Hall–Kier alpha value is -2.45. The first-order chi connectivity index (χ1) is 12.4. The van der Waals surface area contributed by atoms with Gasteiger partial charge in [-0.3, -0.25) is 4.68 Å². The van der Waals surface area contributed by atoms with Gasteiger partial charge in [0.1, 0.15) is 10.0 Å². The third-order valence-corrected chi connectivity index (χ3v) is 5.96. The molecule has 1 aromatic carbocycles.